The molecule has 25 heavy (non-hydrogen) atoms. The van der Waals surface area contributed by atoms with Gasteiger partial charge in [-0.3, -0.25) is 14.5 Å². The largest absolute Gasteiger partial charge is 0.497 e. The summed E-state index contributed by atoms with van der Waals surface area (Å²) in [7, 11) is 1.53. The number of hydrogen-bond acceptors (Lipinski definition) is 4. The minimum absolute atomic E-state index is 0.293. The van der Waals surface area contributed by atoms with Gasteiger partial charge in [0.15, 0.2) is 5.78 Å². The number of hydrogen-bond donors (Lipinski definition) is 1. The number of carbonyl (C=O) groups excluding carboxylic acids is 3. The first-order valence-electron chi connectivity index (χ1n) is 7.82. The molecule has 0 spiro atoms. The van der Waals surface area contributed by atoms with Crippen LogP contribution < -0.4 is 10.1 Å². The zero-order valence-corrected chi connectivity index (χ0v) is 14.0. The predicted molar refractivity (Wildman–Crippen MR) is 91.4 cm³/mol. The van der Waals surface area contributed by atoms with E-state index >= 15 is 0 Å². The minimum Gasteiger partial charge on any atom is -0.497 e. The van der Waals surface area contributed by atoms with E-state index in [0.29, 0.717) is 16.9 Å². The summed E-state index contributed by atoms with van der Waals surface area (Å²) < 4.78 is 5.18. The lowest BCUT2D eigenvalue weighted by Gasteiger charge is -2.22. The van der Waals surface area contributed by atoms with Gasteiger partial charge in [0.2, 0.25) is 0 Å². The fraction of sp³-hybridized carbons (Fsp3) is 0.211. The quantitative estimate of drug-likeness (QED) is 0.671. The Morgan fingerprint density at radius 3 is 2.52 bits per heavy atom. The molecule has 1 aliphatic rings. The third-order valence-corrected chi connectivity index (χ3v) is 4.32. The van der Waals surface area contributed by atoms with Crippen LogP contribution in [-0.2, 0) is 10.3 Å². The molecule has 1 unspecified atom stereocenters. The number of amides is 3. The number of ether oxygens (including phenoxy) is 1. The lowest BCUT2D eigenvalue weighted by molar-refractivity contribution is -0.130. The summed E-state index contributed by atoms with van der Waals surface area (Å²) in [5.74, 6) is -0.173. The second kappa shape index (κ2) is 6.39. The van der Waals surface area contributed by atoms with E-state index in [9.17, 15) is 14.4 Å². The molecule has 0 aromatic heterocycles. The number of carbonyl (C=O) groups is 3. The average molecular weight is 338 g/mol. The number of ketones is 1. The SMILES string of the molecule is COc1cccc(C2(C)NC(=O)N(CC(=O)c3ccccc3)C2=O)c1. The van der Waals surface area contributed by atoms with Crippen LogP contribution in [0.4, 0.5) is 4.79 Å². The summed E-state index contributed by atoms with van der Waals surface area (Å²) in [4.78, 5) is 38.5. The van der Waals surface area contributed by atoms with Crippen LogP contribution >= 0.6 is 0 Å². The number of Topliss-reactive ketones (excluding diaryl/α,β-unsaturated/α-hetero) is 1. The highest BCUT2D eigenvalue weighted by atomic mass is 16.5. The van der Waals surface area contributed by atoms with Crippen LogP contribution in [0.5, 0.6) is 5.75 Å². The van der Waals surface area contributed by atoms with Gasteiger partial charge in [-0.05, 0) is 24.6 Å². The van der Waals surface area contributed by atoms with Gasteiger partial charge in [-0.15, -0.1) is 0 Å². The molecule has 0 radical (unpaired) electrons. The Bertz CT molecular complexity index is 834. The Hall–Kier alpha value is -3.15. The topological polar surface area (TPSA) is 75.7 Å². The van der Waals surface area contributed by atoms with Crippen LogP contribution in [0.2, 0.25) is 0 Å². The molecule has 1 aliphatic heterocycles. The second-order valence-corrected chi connectivity index (χ2v) is 5.97. The van der Waals surface area contributed by atoms with Crippen molar-refractivity contribution in [3.05, 3.63) is 65.7 Å². The van der Waals surface area contributed by atoms with E-state index in [1.165, 1.54) is 7.11 Å². The summed E-state index contributed by atoms with van der Waals surface area (Å²) in [6.45, 7) is 1.32. The molecule has 3 amide bonds. The first kappa shape index (κ1) is 16.7. The number of nitrogens with one attached hydrogen (secondary N) is 1. The second-order valence-electron chi connectivity index (χ2n) is 5.97. The number of methoxy groups -OCH3 is 1. The van der Waals surface area contributed by atoms with Crippen LogP contribution in [0.3, 0.4) is 0 Å². The van der Waals surface area contributed by atoms with Gasteiger partial charge in [-0.2, -0.15) is 0 Å². The van der Waals surface area contributed by atoms with Gasteiger partial charge in [-0.1, -0.05) is 42.5 Å². The molecule has 0 saturated carbocycles. The molecular weight excluding hydrogens is 320 g/mol. The highest BCUT2D eigenvalue weighted by Crippen LogP contribution is 2.30. The molecule has 0 aliphatic carbocycles. The fourth-order valence-electron chi connectivity index (χ4n) is 2.83. The van der Waals surface area contributed by atoms with E-state index in [0.717, 1.165) is 4.90 Å². The number of rotatable bonds is 5. The van der Waals surface area contributed by atoms with Crippen molar-refractivity contribution in [3.8, 4) is 5.75 Å². The molecule has 1 atom stereocenters. The van der Waals surface area contributed by atoms with E-state index in [-0.39, 0.29) is 12.3 Å². The molecular formula is C19H18N2O4. The molecule has 1 N–H and O–H groups in total. The van der Waals surface area contributed by atoms with Crippen molar-refractivity contribution in [1.29, 1.82) is 0 Å². The van der Waals surface area contributed by atoms with Crippen LogP contribution in [0.1, 0.15) is 22.8 Å². The van der Waals surface area contributed by atoms with Crippen molar-refractivity contribution in [2.75, 3.05) is 13.7 Å². The average Bonchev–Trinajstić information content (AvgIpc) is 2.86. The first-order valence-corrected chi connectivity index (χ1v) is 7.82. The van der Waals surface area contributed by atoms with Gasteiger partial charge < -0.3 is 10.1 Å². The third-order valence-electron chi connectivity index (χ3n) is 4.32. The summed E-state index contributed by atoms with van der Waals surface area (Å²) in [5.41, 5.74) is -0.180. The highest BCUT2D eigenvalue weighted by Gasteiger charge is 2.49. The molecule has 2 aromatic carbocycles. The normalized spacial score (nSPS) is 19.7. The minimum atomic E-state index is -1.23. The van der Waals surface area contributed by atoms with E-state index in [2.05, 4.69) is 5.32 Å². The van der Waals surface area contributed by atoms with Crippen molar-refractivity contribution in [2.24, 2.45) is 0 Å². The van der Waals surface area contributed by atoms with Gasteiger partial charge in [-0.25, -0.2) is 4.79 Å². The van der Waals surface area contributed by atoms with E-state index < -0.39 is 17.5 Å². The summed E-state index contributed by atoms with van der Waals surface area (Å²) in [6, 6.07) is 14.9. The van der Waals surface area contributed by atoms with Crippen molar-refractivity contribution in [2.45, 2.75) is 12.5 Å². The van der Waals surface area contributed by atoms with Crippen LogP contribution in [-0.4, -0.2) is 36.3 Å². The molecule has 1 heterocycles. The van der Waals surface area contributed by atoms with Gasteiger partial charge in [0.1, 0.15) is 11.3 Å². The van der Waals surface area contributed by atoms with Crippen LogP contribution in [0.25, 0.3) is 0 Å². The maximum Gasteiger partial charge on any atom is 0.325 e. The maximum atomic E-state index is 12.9. The molecule has 1 saturated heterocycles. The number of benzene rings is 2. The molecule has 128 valence electrons. The van der Waals surface area contributed by atoms with Gasteiger partial charge in [0, 0.05) is 5.56 Å². The van der Waals surface area contributed by atoms with Crippen LogP contribution in [0, 0.1) is 0 Å². The lowest BCUT2D eigenvalue weighted by Crippen LogP contribution is -2.41. The Balaban J connectivity index is 1.85. The predicted octanol–water partition coefficient (Wildman–Crippen LogP) is 2.35. The number of urea groups is 1. The van der Waals surface area contributed by atoms with E-state index in [4.69, 9.17) is 4.74 Å². The Kier molecular flexibility index (Phi) is 4.27. The smallest absolute Gasteiger partial charge is 0.325 e. The van der Waals surface area contributed by atoms with Crippen molar-refractivity contribution in [3.63, 3.8) is 0 Å². The maximum absolute atomic E-state index is 12.9. The molecule has 6 heteroatoms. The highest BCUT2D eigenvalue weighted by molar-refractivity contribution is 6.11. The summed E-state index contributed by atoms with van der Waals surface area (Å²) >= 11 is 0. The number of nitrogens with zero attached hydrogens (tertiary/aromatic N) is 1. The number of imide groups is 1. The molecule has 0 bridgehead atoms. The third kappa shape index (κ3) is 2.98. The van der Waals surface area contributed by atoms with Gasteiger partial charge in [0.25, 0.3) is 5.91 Å². The van der Waals surface area contributed by atoms with Crippen molar-refractivity contribution < 1.29 is 19.1 Å². The molecule has 3 rings (SSSR count). The standard InChI is InChI=1S/C19H18N2O4/c1-19(14-9-6-10-15(11-14)25-2)17(23)21(18(24)20-19)12-16(22)13-7-4-3-5-8-13/h3-11H,12H2,1-2H3,(H,20,24). The van der Waals surface area contributed by atoms with E-state index in [1.54, 1.807) is 61.5 Å². The Morgan fingerprint density at radius 2 is 1.84 bits per heavy atom. The molecule has 1 fully saturated rings. The van der Waals surface area contributed by atoms with Crippen molar-refractivity contribution >= 4 is 17.7 Å². The van der Waals surface area contributed by atoms with Gasteiger partial charge >= 0.3 is 6.03 Å². The zero-order chi connectivity index (χ0) is 18.0. The summed E-state index contributed by atoms with van der Waals surface area (Å²) in [5, 5.41) is 2.68. The molecule has 2 aromatic rings. The lowest BCUT2D eigenvalue weighted by atomic mass is 9.92. The zero-order valence-electron chi connectivity index (χ0n) is 14.0. The van der Waals surface area contributed by atoms with Crippen molar-refractivity contribution in [1.82, 2.24) is 10.2 Å². The van der Waals surface area contributed by atoms with E-state index in [1.807, 2.05) is 0 Å². The monoisotopic (exact) mass is 338 g/mol. The Morgan fingerprint density at radius 1 is 1.12 bits per heavy atom. The first-order chi connectivity index (χ1) is 12.0. The fourth-order valence-corrected chi connectivity index (χ4v) is 2.83. The summed E-state index contributed by atoms with van der Waals surface area (Å²) in [6.07, 6.45) is 0. The van der Waals surface area contributed by atoms with Crippen LogP contribution in [0.15, 0.2) is 54.6 Å². The Labute approximate surface area is 145 Å². The molecule has 6 nitrogen and oxygen atoms in total. The van der Waals surface area contributed by atoms with Gasteiger partial charge in [0.05, 0.1) is 13.7 Å².